The number of fused-ring (bicyclic) bond motifs is 1. The van der Waals surface area contributed by atoms with Crippen molar-refractivity contribution in [3.05, 3.63) is 41.3 Å². The Morgan fingerprint density at radius 1 is 1.25 bits per heavy atom. The van der Waals surface area contributed by atoms with Crippen LogP contribution in [0.5, 0.6) is 0 Å². The second kappa shape index (κ2) is 4.33. The SMILES string of the molecule is Cc1ccc(C2(c3cc4n(n3)CCCN4)CCC2)cn1. The largest absolute Gasteiger partial charge is 0.370 e. The normalized spacial score (nSPS) is 19.9. The fourth-order valence-corrected chi connectivity index (χ4v) is 3.38. The third kappa shape index (κ3) is 1.67. The molecule has 4 nitrogen and oxygen atoms in total. The molecule has 1 N–H and O–H groups in total. The summed E-state index contributed by atoms with van der Waals surface area (Å²) in [6.45, 7) is 4.13. The summed E-state index contributed by atoms with van der Waals surface area (Å²) in [6.07, 6.45) is 6.86. The molecule has 0 amide bonds. The molecule has 0 unspecified atom stereocenters. The van der Waals surface area contributed by atoms with Crippen LogP contribution in [-0.2, 0) is 12.0 Å². The number of pyridine rings is 1. The fraction of sp³-hybridized carbons (Fsp3) is 0.500. The number of hydrogen-bond donors (Lipinski definition) is 1. The number of rotatable bonds is 2. The summed E-state index contributed by atoms with van der Waals surface area (Å²) in [4.78, 5) is 4.48. The van der Waals surface area contributed by atoms with E-state index in [1.165, 1.54) is 36.3 Å². The highest BCUT2D eigenvalue weighted by molar-refractivity contribution is 5.46. The van der Waals surface area contributed by atoms with Crippen molar-refractivity contribution in [2.24, 2.45) is 0 Å². The highest BCUT2D eigenvalue weighted by atomic mass is 15.3. The number of aromatic nitrogens is 3. The molecule has 2 aliphatic rings. The maximum absolute atomic E-state index is 4.87. The molecule has 1 saturated carbocycles. The molecule has 0 spiro atoms. The molecule has 20 heavy (non-hydrogen) atoms. The smallest absolute Gasteiger partial charge is 0.124 e. The number of nitrogens with one attached hydrogen (secondary N) is 1. The van der Waals surface area contributed by atoms with E-state index in [2.05, 4.69) is 33.2 Å². The zero-order valence-electron chi connectivity index (χ0n) is 11.9. The summed E-state index contributed by atoms with van der Waals surface area (Å²) in [7, 11) is 0. The molecule has 1 aliphatic heterocycles. The maximum atomic E-state index is 4.87. The van der Waals surface area contributed by atoms with Gasteiger partial charge < -0.3 is 5.32 Å². The predicted octanol–water partition coefficient (Wildman–Crippen LogP) is 2.87. The molecule has 0 radical (unpaired) electrons. The lowest BCUT2D eigenvalue weighted by Crippen LogP contribution is -2.36. The molecular formula is C16H20N4. The third-order valence-corrected chi connectivity index (χ3v) is 4.79. The molecule has 0 atom stereocenters. The average molecular weight is 268 g/mol. The van der Waals surface area contributed by atoms with Gasteiger partial charge in [0.25, 0.3) is 0 Å². The summed E-state index contributed by atoms with van der Waals surface area (Å²) >= 11 is 0. The van der Waals surface area contributed by atoms with Crippen LogP contribution in [0.15, 0.2) is 24.4 Å². The highest BCUT2D eigenvalue weighted by Crippen LogP contribution is 2.48. The van der Waals surface area contributed by atoms with Crippen LogP contribution in [0.25, 0.3) is 0 Å². The Kier molecular flexibility index (Phi) is 2.59. The topological polar surface area (TPSA) is 42.7 Å². The quantitative estimate of drug-likeness (QED) is 0.910. The lowest BCUT2D eigenvalue weighted by atomic mass is 9.63. The maximum Gasteiger partial charge on any atom is 0.124 e. The van der Waals surface area contributed by atoms with Crippen LogP contribution in [-0.4, -0.2) is 21.3 Å². The van der Waals surface area contributed by atoms with Gasteiger partial charge in [0.2, 0.25) is 0 Å². The first-order chi connectivity index (χ1) is 9.78. The lowest BCUT2D eigenvalue weighted by molar-refractivity contribution is 0.290. The molecule has 0 aromatic carbocycles. The molecule has 0 bridgehead atoms. The molecule has 2 aromatic rings. The monoisotopic (exact) mass is 268 g/mol. The van der Waals surface area contributed by atoms with Crippen LogP contribution in [0.2, 0.25) is 0 Å². The van der Waals surface area contributed by atoms with Crippen LogP contribution >= 0.6 is 0 Å². The Labute approximate surface area is 119 Å². The number of nitrogens with zero attached hydrogens (tertiary/aromatic N) is 3. The van der Waals surface area contributed by atoms with Gasteiger partial charge in [-0.1, -0.05) is 12.5 Å². The van der Waals surface area contributed by atoms with E-state index >= 15 is 0 Å². The van der Waals surface area contributed by atoms with Crippen molar-refractivity contribution in [3.8, 4) is 0 Å². The Balaban J connectivity index is 1.77. The molecule has 4 rings (SSSR count). The van der Waals surface area contributed by atoms with Crippen LogP contribution in [0, 0.1) is 6.92 Å². The summed E-state index contributed by atoms with van der Waals surface area (Å²) in [5, 5.41) is 8.32. The van der Waals surface area contributed by atoms with Crippen LogP contribution in [0.4, 0.5) is 5.82 Å². The van der Waals surface area contributed by atoms with Gasteiger partial charge in [-0.3, -0.25) is 4.98 Å². The number of hydrogen-bond acceptors (Lipinski definition) is 3. The Hall–Kier alpha value is -1.84. The van der Waals surface area contributed by atoms with E-state index in [1.807, 2.05) is 13.1 Å². The Bertz CT molecular complexity index is 599. The van der Waals surface area contributed by atoms with E-state index in [-0.39, 0.29) is 5.41 Å². The Morgan fingerprint density at radius 2 is 2.15 bits per heavy atom. The standard InChI is InChI=1S/C16H20N4/c1-12-4-5-13(11-18-12)16(6-2-7-16)14-10-15-17-8-3-9-20(15)19-14/h4-5,10-11,17H,2-3,6-9H2,1H3. The zero-order valence-corrected chi connectivity index (χ0v) is 11.9. The molecule has 1 aliphatic carbocycles. The minimum absolute atomic E-state index is 0.104. The van der Waals surface area contributed by atoms with Gasteiger partial charge in [0.1, 0.15) is 5.82 Å². The number of aryl methyl sites for hydroxylation is 2. The van der Waals surface area contributed by atoms with E-state index in [4.69, 9.17) is 5.10 Å². The molecule has 2 aromatic heterocycles. The zero-order chi connectivity index (χ0) is 13.6. The van der Waals surface area contributed by atoms with E-state index in [1.54, 1.807) is 0 Å². The second-order valence-electron chi connectivity index (χ2n) is 6.04. The number of anilines is 1. The van der Waals surface area contributed by atoms with Crippen LogP contribution in [0.3, 0.4) is 0 Å². The molecule has 104 valence electrons. The summed E-state index contributed by atoms with van der Waals surface area (Å²) in [6, 6.07) is 6.59. The van der Waals surface area contributed by atoms with Gasteiger partial charge in [0.15, 0.2) is 0 Å². The molecular weight excluding hydrogens is 248 g/mol. The van der Waals surface area contributed by atoms with Crippen molar-refractivity contribution in [3.63, 3.8) is 0 Å². The molecule has 0 saturated heterocycles. The molecule has 3 heterocycles. The van der Waals surface area contributed by atoms with E-state index in [0.29, 0.717) is 0 Å². The van der Waals surface area contributed by atoms with Crippen molar-refractivity contribution >= 4 is 5.82 Å². The van der Waals surface area contributed by atoms with Gasteiger partial charge in [0, 0.05) is 36.5 Å². The summed E-state index contributed by atoms with van der Waals surface area (Å²) in [5.74, 6) is 1.18. The minimum Gasteiger partial charge on any atom is -0.370 e. The van der Waals surface area contributed by atoms with Gasteiger partial charge in [0.05, 0.1) is 5.69 Å². The van der Waals surface area contributed by atoms with Crippen molar-refractivity contribution in [2.45, 2.75) is 44.6 Å². The van der Waals surface area contributed by atoms with Crippen LogP contribution in [0.1, 0.15) is 42.6 Å². The molecule has 1 fully saturated rings. The van der Waals surface area contributed by atoms with E-state index in [0.717, 1.165) is 25.2 Å². The van der Waals surface area contributed by atoms with Gasteiger partial charge in [-0.2, -0.15) is 5.10 Å². The lowest BCUT2D eigenvalue weighted by Gasteiger charge is -2.40. The van der Waals surface area contributed by atoms with Gasteiger partial charge in [-0.05, 0) is 37.8 Å². The highest BCUT2D eigenvalue weighted by Gasteiger charge is 2.43. The Morgan fingerprint density at radius 3 is 2.80 bits per heavy atom. The summed E-state index contributed by atoms with van der Waals surface area (Å²) < 4.78 is 2.13. The third-order valence-electron chi connectivity index (χ3n) is 4.79. The second-order valence-corrected chi connectivity index (χ2v) is 6.04. The average Bonchev–Trinajstić information content (AvgIpc) is 2.83. The van der Waals surface area contributed by atoms with Gasteiger partial charge in [-0.25, -0.2) is 4.68 Å². The first-order valence-electron chi connectivity index (χ1n) is 7.53. The summed E-state index contributed by atoms with van der Waals surface area (Å²) in [5.41, 5.74) is 3.73. The molecule has 4 heteroatoms. The minimum atomic E-state index is 0.104. The van der Waals surface area contributed by atoms with E-state index in [9.17, 15) is 0 Å². The van der Waals surface area contributed by atoms with Crippen molar-refractivity contribution in [1.29, 1.82) is 0 Å². The van der Waals surface area contributed by atoms with Crippen molar-refractivity contribution < 1.29 is 0 Å². The van der Waals surface area contributed by atoms with Gasteiger partial charge >= 0.3 is 0 Å². The van der Waals surface area contributed by atoms with Crippen LogP contribution < -0.4 is 5.32 Å². The van der Waals surface area contributed by atoms with E-state index < -0.39 is 0 Å². The van der Waals surface area contributed by atoms with Crippen molar-refractivity contribution in [2.75, 3.05) is 11.9 Å². The van der Waals surface area contributed by atoms with Crippen molar-refractivity contribution in [1.82, 2.24) is 14.8 Å². The van der Waals surface area contributed by atoms with Gasteiger partial charge in [-0.15, -0.1) is 0 Å². The first kappa shape index (κ1) is 11.9. The predicted molar refractivity (Wildman–Crippen MR) is 78.9 cm³/mol. The first-order valence-corrected chi connectivity index (χ1v) is 7.53. The fourth-order valence-electron chi connectivity index (χ4n) is 3.38.